The fourth-order valence-electron chi connectivity index (χ4n) is 12.2. The zero-order valence-electron chi connectivity index (χ0n) is 57.2. The maximum atomic E-state index is 12.9. The second-order valence-corrected chi connectivity index (χ2v) is 27.3. The van der Waals surface area contributed by atoms with Gasteiger partial charge in [-0.05, 0) is 26.2 Å². The predicted octanol–water partition coefficient (Wildman–Crippen LogP) is 26.4. The van der Waals surface area contributed by atoms with Crippen LogP contribution in [0.25, 0.3) is 0 Å². The molecule has 494 valence electrons. The van der Waals surface area contributed by atoms with E-state index in [0.717, 1.165) is 57.8 Å². The molecule has 0 aliphatic heterocycles. The maximum Gasteiger partial charge on any atom is 0.305 e. The lowest BCUT2D eigenvalue weighted by atomic mass is 9.94. The molecule has 0 aromatic carbocycles. The van der Waals surface area contributed by atoms with Crippen LogP contribution in [0, 0.1) is 5.41 Å². The van der Waals surface area contributed by atoms with Crippen molar-refractivity contribution >= 4 is 17.9 Å². The summed E-state index contributed by atoms with van der Waals surface area (Å²) in [6.07, 6.45) is 85.4. The number of hydrogen-bond donors (Lipinski definition) is 0. The minimum atomic E-state index is -0.784. The van der Waals surface area contributed by atoms with Gasteiger partial charge in [-0.25, -0.2) is 0 Å². The molecule has 6 nitrogen and oxygen atoms in total. The molecule has 0 N–H and O–H groups in total. The number of hydrogen-bond acceptors (Lipinski definition) is 6. The normalized spacial score (nSPS) is 11.7. The van der Waals surface area contributed by atoms with Crippen LogP contribution in [-0.4, -0.2) is 37.7 Å². The van der Waals surface area contributed by atoms with E-state index < -0.39 is 5.41 Å². The molecular formula is C77H150O6. The van der Waals surface area contributed by atoms with E-state index in [2.05, 4.69) is 20.8 Å². The quantitative estimate of drug-likeness (QED) is 0.0343. The summed E-state index contributed by atoms with van der Waals surface area (Å²) in [5, 5.41) is 0. The smallest absolute Gasteiger partial charge is 0.305 e. The van der Waals surface area contributed by atoms with Gasteiger partial charge in [0, 0.05) is 19.3 Å². The van der Waals surface area contributed by atoms with E-state index in [1.807, 2.05) is 6.92 Å². The highest BCUT2D eigenvalue weighted by molar-refractivity contribution is 5.70. The summed E-state index contributed by atoms with van der Waals surface area (Å²) < 4.78 is 17.4. The van der Waals surface area contributed by atoms with Gasteiger partial charge in [0.15, 0.2) is 0 Å². The van der Waals surface area contributed by atoms with Crippen molar-refractivity contribution in [1.29, 1.82) is 0 Å². The summed E-state index contributed by atoms with van der Waals surface area (Å²) in [6, 6.07) is 0. The van der Waals surface area contributed by atoms with E-state index in [4.69, 9.17) is 14.2 Å². The molecule has 0 aromatic rings. The first-order chi connectivity index (χ1) is 40.9. The first-order valence-electron chi connectivity index (χ1n) is 38.3. The summed E-state index contributed by atoms with van der Waals surface area (Å²) in [4.78, 5) is 38.8. The van der Waals surface area contributed by atoms with Crippen molar-refractivity contribution in [2.75, 3.05) is 19.8 Å². The van der Waals surface area contributed by atoms with Gasteiger partial charge in [0.1, 0.15) is 19.8 Å². The molecule has 0 spiro atoms. The van der Waals surface area contributed by atoms with Gasteiger partial charge in [0.05, 0.1) is 5.41 Å². The first kappa shape index (κ1) is 81.4. The van der Waals surface area contributed by atoms with Gasteiger partial charge < -0.3 is 14.2 Å². The molecule has 0 amide bonds. The lowest BCUT2D eigenvalue weighted by Crippen LogP contribution is -2.37. The van der Waals surface area contributed by atoms with Gasteiger partial charge in [-0.1, -0.05) is 406 Å². The van der Waals surface area contributed by atoms with E-state index >= 15 is 0 Å². The summed E-state index contributed by atoms with van der Waals surface area (Å²) in [5.74, 6) is -0.650. The largest absolute Gasteiger partial charge is 0.465 e. The number of carbonyl (C=O) groups is 3. The summed E-state index contributed by atoms with van der Waals surface area (Å²) in [5.41, 5.74) is -0.784. The van der Waals surface area contributed by atoms with Crippen LogP contribution >= 0.6 is 0 Å². The van der Waals surface area contributed by atoms with Crippen LogP contribution in [0.5, 0.6) is 0 Å². The van der Waals surface area contributed by atoms with Crippen molar-refractivity contribution in [3.8, 4) is 0 Å². The number of carbonyl (C=O) groups excluding carboxylic acids is 3. The fourth-order valence-corrected chi connectivity index (χ4v) is 12.2. The highest BCUT2D eigenvalue weighted by Gasteiger charge is 2.31. The molecule has 0 radical (unpaired) electrons. The highest BCUT2D eigenvalue weighted by Crippen LogP contribution is 2.23. The van der Waals surface area contributed by atoms with Gasteiger partial charge in [-0.3, -0.25) is 14.4 Å². The molecule has 0 unspecified atom stereocenters. The van der Waals surface area contributed by atoms with Crippen molar-refractivity contribution < 1.29 is 28.6 Å². The van der Waals surface area contributed by atoms with Crippen LogP contribution in [0.15, 0.2) is 0 Å². The maximum absolute atomic E-state index is 12.9. The Morgan fingerprint density at radius 2 is 0.301 bits per heavy atom. The molecule has 6 heteroatoms. The van der Waals surface area contributed by atoms with Crippen molar-refractivity contribution in [2.24, 2.45) is 5.41 Å². The summed E-state index contributed by atoms with van der Waals surface area (Å²) in [7, 11) is 0. The van der Waals surface area contributed by atoms with Crippen molar-refractivity contribution in [1.82, 2.24) is 0 Å². The van der Waals surface area contributed by atoms with Crippen molar-refractivity contribution in [3.05, 3.63) is 0 Å². The summed E-state index contributed by atoms with van der Waals surface area (Å²) in [6.45, 7) is 9.02. The van der Waals surface area contributed by atoms with Crippen LogP contribution in [0.1, 0.15) is 451 Å². The van der Waals surface area contributed by atoms with Crippen LogP contribution in [0.4, 0.5) is 0 Å². The number of rotatable bonds is 72. The van der Waals surface area contributed by atoms with Gasteiger partial charge in [-0.2, -0.15) is 0 Å². The molecule has 0 atom stereocenters. The Labute approximate surface area is 520 Å². The molecule has 0 bridgehead atoms. The monoisotopic (exact) mass is 1170 g/mol. The molecule has 0 rings (SSSR count). The van der Waals surface area contributed by atoms with Crippen LogP contribution in [0.2, 0.25) is 0 Å². The molecule has 0 aliphatic carbocycles. The first-order valence-corrected chi connectivity index (χ1v) is 38.3. The Hall–Kier alpha value is -1.59. The third-order valence-electron chi connectivity index (χ3n) is 18.2. The van der Waals surface area contributed by atoms with E-state index in [-0.39, 0.29) is 37.7 Å². The zero-order valence-corrected chi connectivity index (χ0v) is 57.2. The van der Waals surface area contributed by atoms with E-state index in [0.29, 0.717) is 19.3 Å². The standard InChI is InChI=1S/C77H150O6/c1-5-8-11-14-17-20-23-26-29-32-35-38-41-44-47-50-53-56-59-62-65-68-74(78)81-71-77(4,72-82-75(79)69-66-63-60-57-54-51-48-45-42-39-36-33-30-27-24-21-18-15-12-9-6-2)73-83-76(80)70-67-64-61-58-55-52-49-46-43-40-37-34-31-28-25-22-19-16-13-10-7-3/h5-73H2,1-4H3. The third kappa shape index (κ3) is 67.8. The minimum absolute atomic E-state index is 0.0738. The second kappa shape index (κ2) is 69.5. The van der Waals surface area contributed by atoms with E-state index in [9.17, 15) is 14.4 Å². The second-order valence-electron chi connectivity index (χ2n) is 27.3. The average Bonchev–Trinajstić information content (AvgIpc) is 3.53. The Morgan fingerprint density at radius 1 is 0.193 bits per heavy atom. The molecule has 0 saturated carbocycles. The topological polar surface area (TPSA) is 78.9 Å². The van der Waals surface area contributed by atoms with Crippen molar-refractivity contribution in [3.63, 3.8) is 0 Å². The lowest BCUT2D eigenvalue weighted by Gasteiger charge is -2.28. The number of ether oxygens (including phenoxy) is 3. The Kier molecular flexibility index (Phi) is 68.2. The van der Waals surface area contributed by atoms with Gasteiger partial charge in [-0.15, -0.1) is 0 Å². The predicted molar refractivity (Wildman–Crippen MR) is 363 cm³/mol. The number of unbranched alkanes of at least 4 members (excludes halogenated alkanes) is 60. The van der Waals surface area contributed by atoms with E-state index in [1.54, 1.807) is 0 Å². The minimum Gasteiger partial charge on any atom is -0.465 e. The Morgan fingerprint density at radius 3 is 0.422 bits per heavy atom. The van der Waals surface area contributed by atoms with Gasteiger partial charge in [0.2, 0.25) is 0 Å². The highest BCUT2D eigenvalue weighted by atomic mass is 16.6. The molecular weight excluding hydrogens is 1020 g/mol. The molecule has 0 heterocycles. The van der Waals surface area contributed by atoms with E-state index in [1.165, 1.54) is 347 Å². The van der Waals surface area contributed by atoms with Gasteiger partial charge >= 0.3 is 17.9 Å². The van der Waals surface area contributed by atoms with Crippen LogP contribution in [0.3, 0.4) is 0 Å². The molecule has 83 heavy (non-hydrogen) atoms. The van der Waals surface area contributed by atoms with Crippen LogP contribution in [-0.2, 0) is 28.6 Å². The average molecular weight is 1170 g/mol. The zero-order chi connectivity index (χ0) is 60.1. The van der Waals surface area contributed by atoms with Gasteiger partial charge in [0.25, 0.3) is 0 Å². The Bertz CT molecular complexity index is 1130. The molecule has 0 fully saturated rings. The molecule has 0 aromatic heterocycles. The fraction of sp³-hybridized carbons (Fsp3) is 0.961. The molecule has 0 aliphatic rings. The summed E-state index contributed by atoms with van der Waals surface area (Å²) >= 11 is 0. The number of esters is 3. The SMILES string of the molecule is CCCCCCCCCCCCCCCCCCCCCCCC(=O)OCC(C)(COC(=O)CCCCCCCCCCCCCCCCCCCCCCC)COC(=O)CCCCCCCCCCCCCCCCCCCCCCC. The lowest BCUT2D eigenvalue weighted by molar-refractivity contribution is -0.160. The third-order valence-corrected chi connectivity index (χ3v) is 18.2. The Balaban J connectivity index is 4.35. The van der Waals surface area contributed by atoms with Crippen LogP contribution < -0.4 is 0 Å². The van der Waals surface area contributed by atoms with Crippen molar-refractivity contribution in [2.45, 2.75) is 451 Å². The molecule has 0 saturated heterocycles.